The Balaban J connectivity index is 2.64. The number of ether oxygens (including phenoxy) is 1. The van der Waals surface area contributed by atoms with Crippen LogP contribution in [-0.2, 0) is 19.6 Å². The summed E-state index contributed by atoms with van der Waals surface area (Å²) in [5.74, 6) is -0.561. The predicted octanol–water partition coefficient (Wildman–Crippen LogP) is 3.42. The number of hydrogen-bond donors (Lipinski definition) is 1. The van der Waals surface area contributed by atoms with Gasteiger partial charge in [-0.15, -0.1) is 0 Å². The number of rotatable bonds is 8. The fourth-order valence-corrected chi connectivity index (χ4v) is 3.33. The molecule has 0 aliphatic rings. The van der Waals surface area contributed by atoms with Gasteiger partial charge >= 0.3 is 5.97 Å². The topological polar surface area (TPSA) is 72.5 Å². The third kappa shape index (κ3) is 7.01. The minimum absolute atomic E-state index is 0.208. The van der Waals surface area contributed by atoms with E-state index in [-0.39, 0.29) is 23.3 Å². The highest BCUT2D eigenvalue weighted by molar-refractivity contribution is 7.89. The van der Waals surface area contributed by atoms with Crippen LogP contribution in [0.25, 0.3) is 0 Å². The standard InChI is InChI=1S/C18H29NO4S/c1-6-7-15(17(20)23-18(3,4)5)12-13-19-24(21,22)16-10-8-14(2)9-11-16/h8-11,15,19H,6-7,12-13H2,1-5H3. The van der Waals surface area contributed by atoms with E-state index >= 15 is 0 Å². The average Bonchev–Trinajstić information content (AvgIpc) is 2.45. The summed E-state index contributed by atoms with van der Waals surface area (Å²) < 4.78 is 32.5. The predicted molar refractivity (Wildman–Crippen MR) is 95.2 cm³/mol. The van der Waals surface area contributed by atoms with E-state index in [9.17, 15) is 13.2 Å². The molecule has 0 bridgehead atoms. The quantitative estimate of drug-likeness (QED) is 0.725. The Bertz CT molecular complexity index is 630. The smallest absolute Gasteiger partial charge is 0.309 e. The lowest BCUT2D eigenvalue weighted by Crippen LogP contribution is -2.32. The van der Waals surface area contributed by atoms with Crippen LogP contribution >= 0.6 is 0 Å². The molecule has 1 N–H and O–H groups in total. The van der Waals surface area contributed by atoms with Gasteiger partial charge in [-0.25, -0.2) is 13.1 Å². The monoisotopic (exact) mass is 355 g/mol. The van der Waals surface area contributed by atoms with Crippen molar-refractivity contribution in [2.24, 2.45) is 5.92 Å². The van der Waals surface area contributed by atoms with Crippen molar-refractivity contribution < 1.29 is 17.9 Å². The molecule has 0 aliphatic carbocycles. The van der Waals surface area contributed by atoms with E-state index in [0.29, 0.717) is 12.8 Å². The number of nitrogens with one attached hydrogen (secondary N) is 1. The van der Waals surface area contributed by atoms with Gasteiger partial charge in [0.05, 0.1) is 10.8 Å². The van der Waals surface area contributed by atoms with Gasteiger partial charge < -0.3 is 4.74 Å². The van der Waals surface area contributed by atoms with Gasteiger partial charge in [-0.05, 0) is 52.7 Å². The van der Waals surface area contributed by atoms with E-state index < -0.39 is 15.6 Å². The van der Waals surface area contributed by atoms with E-state index in [2.05, 4.69) is 4.72 Å². The first-order valence-electron chi connectivity index (χ1n) is 8.34. The molecule has 1 aromatic carbocycles. The fraction of sp³-hybridized carbons (Fsp3) is 0.611. The van der Waals surface area contributed by atoms with E-state index in [4.69, 9.17) is 4.74 Å². The summed E-state index contributed by atoms with van der Waals surface area (Å²) in [5, 5.41) is 0. The number of carbonyl (C=O) groups excluding carboxylic acids is 1. The third-order valence-corrected chi connectivity index (χ3v) is 4.97. The van der Waals surface area contributed by atoms with Gasteiger partial charge in [-0.2, -0.15) is 0 Å². The Morgan fingerprint density at radius 1 is 1.17 bits per heavy atom. The summed E-state index contributed by atoms with van der Waals surface area (Å²) in [5.41, 5.74) is 0.465. The number of sulfonamides is 1. The number of esters is 1. The summed E-state index contributed by atoms with van der Waals surface area (Å²) in [7, 11) is -3.55. The zero-order chi connectivity index (χ0) is 18.4. The molecule has 0 aliphatic heterocycles. The van der Waals surface area contributed by atoms with Gasteiger partial charge in [-0.3, -0.25) is 4.79 Å². The molecule has 0 aromatic heterocycles. The van der Waals surface area contributed by atoms with Gasteiger partial charge in [0, 0.05) is 6.54 Å². The van der Waals surface area contributed by atoms with Crippen LogP contribution in [0.1, 0.15) is 52.5 Å². The molecule has 0 saturated heterocycles. The summed E-state index contributed by atoms with van der Waals surface area (Å²) in [6.07, 6.45) is 1.95. The molecule has 24 heavy (non-hydrogen) atoms. The SMILES string of the molecule is CCCC(CCNS(=O)(=O)c1ccc(C)cc1)C(=O)OC(C)(C)C. The number of benzene rings is 1. The second-order valence-electron chi connectivity index (χ2n) is 7.02. The van der Waals surface area contributed by atoms with Gasteiger partial charge in [0.25, 0.3) is 0 Å². The van der Waals surface area contributed by atoms with E-state index in [1.165, 1.54) is 0 Å². The van der Waals surface area contributed by atoms with Crippen LogP contribution in [0.3, 0.4) is 0 Å². The Labute approximate surface area is 145 Å². The van der Waals surface area contributed by atoms with Crippen LogP contribution in [-0.4, -0.2) is 26.5 Å². The Morgan fingerprint density at radius 2 is 1.75 bits per heavy atom. The molecule has 0 spiro atoms. The molecular formula is C18H29NO4S. The van der Waals surface area contributed by atoms with Crippen LogP contribution < -0.4 is 4.72 Å². The van der Waals surface area contributed by atoms with Crippen molar-refractivity contribution in [3.8, 4) is 0 Å². The Morgan fingerprint density at radius 3 is 2.25 bits per heavy atom. The number of hydrogen-bond acceptors (Lipinski definition) is 4. The highest BCUT2D eigenvalue weighted by Crippen LogP contribution is 2.18. The lowest BCUT2D eigenvalue weighted by Gasteiger charge is -2.24. The highest BCUT2D eigenvalue weighted by Gasteiger charge is 2.25. The number of carbonyl (C=O) groups is 1. The number of aryl methyl sites for hydroxylation is 1. The maximum Gasteiger partial charge on any atom is 0.309 e. The van der Waals surface area contributed by atoms with Crippen molar-refractivity contribution in [3.63, 3.8) is 0 Å². The zero-order valence-corrected chi connectivity index (χ0v) is 16.1. The maximum absolute atomic E-state index is 12.3. The molecule has 0 saturated carbocycles. The van der Waals surface area contributed by atoms with Crippen molar-refractivity contribution in [1.82, 2.24) is 4.72 Å². The van der Waals surface area contributed by atoms with Gasteiger partial charge in [-0.1, -0.05) is 31.0 Å². The fourth-order valence-electron chi connectivity index (χ4n) is 2.28. The van der Waals surface area contributed by atoms with Gasteiger partial charge in [0.15, 0.2) is 0 Å². The van der Waals surface area contributed by atoms with Gasteiger partial charge in [0.2, 0.25) is 10.0 Å². The molecule has 0 amide bonds. The Hall–Kier alpha value is -1.40. The van der Waals surface area contributed by atoms with Crippen molar-refractivity contribution in [2.75, 3.05) is 6.54 Å². The second-order valence-corrected chi connectivity index (χ2v) is 8.79. The lowest BCUT2D eigenvalue weighted by atomic mass is 10.00. The third-order valence-electron chi connectivity index (χ3n) is 3.49. The molecule has 136 valence electrons. The lowest BCUT2D eigenvalue weighted by molar-refractivity contribution is -0.160. The van der Waals surface area contributed by atoms with E-state index in [1.54, 1.807) is 24.3 Å². The second kappa shape index (κ2) is 8.62. The molecule has 1 atom stereocenters. The Kier molecular flexibility index (Phi) is 7.42. The normalized spacial score (nSPS) is 13.5. The van der Waals surface area contributed by atoms with E-state index in [1.807, 2.05) is 34.6 Å². The first kappa shape index (κ1) is 20.6. The van der Waals surface area contributed by atoms with Crippen molar-refractivity contribution in [1.29, 1.82) is 0 Å². The molecule has 6 heteroatoms. The largest absolute Gasteiger partial charge is 0.460 e. The van der Waals surface area contributed by atoms with Crippen LogP contribution in [0.4, 0.5) is 0 Å². The maximum atomic E-state index is 12.3. The molecular weight excluding hydrogens is 326 g/mol. The summed E-state index contributed by atoms with van der Waals surface area (Å²) in [4.78, 5) is 12.4. The zero-order valence-electron chi connectivity index (χ0n) is 15.3. The molecule has 1 unspecified atom stereocenters. The van der Waals surface area contributed by atoms with Crippen molar-refractivity contribution >= 4 is 16.0 Å². The van der Waals surface area contributed by atoms with E-state index in [0.717, 1.165) is 12.0 Å². The average molecular weight is 356 g/mol. The van der Waals surface area contributed by atoms with Gasteiger partial charge in [0.1, 0.15) is 5.60 Å². The summed E-state index contributed by atoms with van der Waals surface area (Å²) in [6.45, 7) is 9.59. The van der Waals surface area contributed by atoms with Crippen molar-refractivity contribution in [3.05, 3.63) is 29.8 Å². The minimum atomic E-state index is -3.55. The molecule has 0 radical (unpaired) electrons. The molecule has 0 fully saturated rings. The molecule has 1 rings (SSSR count). The summed E-state index contributed by atoms with van der Waals surface area (Å²) >= 11 is 0. The van der Waals surface area contributed by atoms with Crippen LogP contribution in [0.5, 0.6) is 0 Å². The molecule has 5 nitrogen and oxygen atoms in total. The van der Waals surface area contributed by atoms with Crippen LogP contribution in [0.2, 0.25) is 0 Å². The summed E-state index contributed by atoms with van der Waals surface area (Å²) in [6, 6.07) is 6.68. The highest BCUT2D eigenvalue weighted by atomic mass is 32.2. The molecule has 1 aromatic rings. The molecule has 0 heterocycles. The first-order chi connectivity index (χ1) is 11.0. The van der Waals surface area contributed by atoms with Crippen LogP contribution in [0.15, 0.2) is 29.2 Å². The van der Waals surface area contributed by atoms with Crippen molar-refractivity contribution in [2.45, 2.75) is 64.4 Å². The minimum Gasteiger partial charge on any atom is -0.460 e. The van der Waals surface area contributed by atoms with Crippen LogP contribution in [0, 0.1) is 12.8 Å². The first-order valence-corrected chi connectivity index (χ1v) is 9.82.